The van der Waals surface area contributed by atoms with Crippen molar-refractivity contribution in [3.05, 3.63) is 33.8 Å². The molecular weight excluding hydrogens is 238 g/mol. The molecule has 0 saturated heterocycles. The lowest BCUT2D eigenvalue weighted by atomic mass is 9.82. The van der Waals surface area contributed by atoms with E-state index < -0.39 is 0 Å². The zero-order chi connectivity index (χ0) is 10.8. The molecule has 0 aliphatic carbocycles. The lowest BCUT2D eigenvalue weighted by Gasteiger charge is -2.24. The molecule has 0 amide bonds. The van der Waals surface area contributed by atoms with E-state index >= 15 is 0 Å². The molecule has 14 heavy (non-hydrogen) atoms. The van der Waals surface area contributed by atoms with Crippen molar-refractivity contribution in [3.63, 3.8) is 0 Å². The predicted molar refractivity (Wildman–Crippen MR) is 64.8 cm³/mol. The second kappa shape index (κ2) is 4.74. The van der Waals surface area contributed by atoms with Gasteiger partial charge in [0.25, 0.3) is 0 Å². The van der Waals surface area contributed by atoms with Crippen LogP contribution in [0.5, 0.6) is 0 Å². The highest BCUT2D eigenvalue weighted by Crippen LogP contribution is 2.32. The summed E-state index contributed by atoms with van der Waals surface area (Å²) in [6.45, 7) is 4.30. The topological polar surface area (TPSA) is 0 Å². The Hall–Kier alpha value is 0.0900. The van der Waals surface area contributed by atoms with Crippen LogP contribution in [0.1, 0.15) is 25.8 Å². The van der Waals surface area contributed by atoms with Gasteiger partial charge in [-0.1, -0.05) is 43.1 Å². The highest BCUT2D eigenvalue weighted by atomic mass is 35.5. The van der Waals surface area contributed by atoms with E-state index in [2.05, 4.69) is 13.8 Å². The van der Waals surface area contributed by atoms with Gasteiger partial charge in [-0.15, -0.1) is 11.6 Å². The van der Waals surface area contributed by atoms with Crippen molar-refractivity contribution in [1.29, 1.82) is 0 Å². The van der Waals surface area contributed by atoms with E-state index in [1.54, 1.807) is 0 Å². The SMILES string of the molecule is CC(C)(CCCl)c1ccc(Cl)c(Cl)c1. The molecule has 0 fully saturated rings. The predicted octanol–water partition coefficient (Wildman–Crippen LogP) is 4.90. The third-order valence-electron chi connectivity index (χ3n) is 2.42. The van der Waals surface area contributed by atoms with Gasteiger partial charge in [-0.25, -0.2) is 0 Å². The minimum atomic E-state index is 0.0516. The maximum absolute atomic E-state index is 5.96. The average Bonchev–Trinajstić information content (AvgIpc) is 2.09. The number of hydrogen-bond donors (Lipinski definition) is 0. The molecule has 0 aliphatic rings. The Bertz CT molecular complexity index is 318. The molecule has 0 saturated carbocycles. The smallest absolute Gasteiger partial charge is 0.0595 e. The highest BCUT2D eigenvalue weighted by Gasteiger charge is 2.20. The second-order valence-electron chi connectivity index (χ2n) is 3.95. The summed E-state index contributed by atoms with van der Waals surface area (Å²) < 4.78 is 0. The fourth-order valence-electron chi connectivity index (χ4n) is 1.30. The number of alkyl halides is 1. The van der Waals surface area contributed by atoms with Crippen LogP contribution in [-0.2, 0) is 5.41 Å². The molecule has 0 N–H and O–H groups in total. The summed E-state index contributed by atoms with van der Waals surface area (Å²) in [6, 6.07) is 5.74. The summed E-state index contributed by atoms with van der Waals surface area (Å²) in [7, 11) is 0. The monoisotopic (exact) mass is 250 g/mol. The number of benzene rings is 1. The molecule has 0 heterocycles. The van der Waals surface area contributed by atoms with Gasteiger partial charge in [0.2, 0.25) is 0 Å². The van der Waals surface area contributed by atoms with Gasteiger partial charge >= 0.3 is 0 Å². The van der Waals surface area contributed by atoms with Crippen LogP contribution in [0.4, 0.5) is 0 Å². The second-order valence-corrected chi connectivity index (χ2v) is 5.14. The van der Waals surface area contributed by atoms with Crippen LogP contribution < -0.4 is 0 Å². The van der Waals surface area contributed by atoms with Gasteiger partial charge in [0, 0.05) is 5.88 Å². The van der Waals surface area contributed by atoms with Gasteiger partial charge in [-0.05, 0) is 29.5 Å². The molecule has 78 valence electrons. The molecule has 0 bridgehead atoms. The largest absolute Gasteiger partial charge is 0.127 e. The molecule has 1 aromatic carbocycles. The van der Waals surface area contributed by atoms with E-state index in [0.717, 1.165) is 6.42 Å². The lowest BCUT2D eigenvalue weighted by molar-refractivity contribution is 0.509. The van der Waals surface area contributed by atoms with E-state index in [0.29, 0.717) is 15.9 Å². The van der Waals surface area contributed by atoms with Crippen molar-refractivity contribution < 1.29 is 0 Å². The average molecular weight is 252 g/mol. The van der Waals surface area contributed by atoms with Crippen LogP contribution >= 0.6 is 34.8 Å². The van der Waals surface area contributed by atoms with Crippen molar-refractivity contribution in [3.8, 4) is 0 Å². The van der Waals surface area contributed by atoms with Gasteiger partial charge in [0.15, 0.2) is 0 Å². The maximum atomic E-state index is 5.96. The maximum Gasteiger partial charge on any atom is 0.0595 e. The Morgan fingerprint density at radius 2 is 1.79 bits per heavy atom. The van der Waals surface area contributed by atoms with Gasteiger partial charge in [-0.3, -0.25) is 0 Å². The summed E-state index contributed by atoms with van der Waals surface area (Å²) in [4.78, 5) is 0. The third kappa shape index (κ3) is 2.79. The molecule has 0 aromatic heterocycles. The van der Waals surface area contributed by atoms with Crippen molar-refractivity contribution in [2.75, 3.05) is 5.88 Å². The zero-order valence-electron chi connectivity index (χ0n) is 8.28. The zero-order valence-corrected chi connectivity index (χ0v) is 10.5. The van der Waals surface area contributed by atoms with E-state index in [1.807, 2.05) is 18.2 Å². The molecule has 1 aromatic rings. The fourth-order valence-corrected chi connectivity index (χ4v) is 2.07. The van der Waals surface area contributed by atoms with Crippen LogP contribution in [0.3, 0.4) is 0 Å². The Morgan fingerprint density at radius 3 is 2.29 bits per heavy atom. The first-order valence-electron chi connectivity index (χ1n) is 4.49. The molecular formula is C11H13Cl3. The van der Waals surface area contributed by atoms with E-state index in [4.69, 9.17) is 34.8 Å². The molecule has 0 radical (unpaired) electrons. The molecule has 0 spiro atoms. The Labute approximate surface area is 100 Å². The Morgan fingerprint density at radius 1 is 1.14 bits per heavy atom. The summed E-state index contributed by atoms with van der Waals surface area (Å²) in [5.41, 5.74) is 1.23. The summed E-state index contributed by atoms with van der Waals surface area (Å²) >= 11 is 17.6. The summed E-state index contributed by atoms with van der Waals surface area (Å²) in [5, 5.41) is 1.20. The minimum Gasteiger partial charge on any atom is -0.127 e. The standard InChI is InChI=1S/C11H13Cl3/c1-11(2,5-6-12)8-3-4-9(13)10(14)7-8/h3-4,7H,5-6H2,1-2H3. The van der Waals surface area contributed by atoms with Crippen molar-refractivity contribution in [2.24, 2.45) is 0 Å². The first-order chi connectivity index (χ1) is 6.47. The van der Waals surface area contributed by atoms with Crippen molar-refractivity contribution in [2.45, 2.75) is 25.7 Å². The highest BCUT2D eigenvalue weighted by molar-refractivity contribution is 6.42. The molecule has 3 heteroatoms. The van der Waals surface area contributed by atoms with Crippen molar-refractivity contribution >= 4 is 34.8 Å². The first kappa shape index (κ1) is 12.2. The van der Waals surface area contributed by atoms with Crippen LogP contribution in [0, 0.1) is 0 Å². The lowest BCUT2D eigenvalue weighted by Crippen LogP contribution is -2.17. The van der Waals surface area contributed by atoms with Crippen LogP contribution in [0.2, 0.25) is 10.0 Å². The minimum absolute atomic E-state index is 0.0516. The quantitative estimate of drug-likeness (QED) is 0.670. The summed E-state index contributed by atoms with van der Waals surface area (Å²) in [6.07, 6.45) is 0.923. The number of halogens is 3. The third-order valence-corrected chi connectivity index (χ3v) is 3.35. The van der Waals surface area contributed by atoms with E-state index in [1.165, 1.54) is 5.56 Å². The number of hydrogen-bond acceptors (Lipinski definition) is 0. The first-order valence-corrected chi connectivity index (χ1v) is 5.78. The van der Waals surface area contributed by atoms with E-state index in [-0.39, 0.29) is 5.41 Å². The van der Waals surface area contributed by atoms with Gasteiger partial charge < -0.3 is 0 Å². The fraction of sp³-hybridized carbons (Fsp3) is 0.455. The molecule has 0 nitrogen and oxygen atoms in total. The molecule has 0 aliphatic heterocycles. The van der Waals surface area contributed by atoms with Crippen LogP contribution in [0.15, 0.2) is 18.2 Å². The van der Waals surface area contributed by atoms with Crippen LogP contribution in [0.25, 0.3) is 0 Å². The van der Waals surface area contributed by atoms with Gasteiger partial charge in [0.05, 0.1) is 10.0 Å². The number of rotatable bonds is 3. The van der Waals surface area contributed by atoms with Gasteiger partial charge in [0.1, 0.15) is 0 Å². The Balaban J connectivity index is 3.01. The van der Waals surface area contributed by atoms with Gasteiger partial charge in [-0.2, -0.15) is 0 Å². The molecule has 1 rings (SSSR count). The van der Waals surface area contributed by atoms with Crippen molar-refractivity contribution in [1.82, 2.24) is 0 Å². The molecule has 0 unspecified atom stereocenters. The van der Waals surface area contributed by atoms with E-state index in [9.17, 15) is 0 Å². The summed E-state index contributed by atoms with van der Waals surface area (Å²) in [5.74, 6) is 0.646. The molecule has 0 atom stereocenters. The van der Waals surface area contributed by atoms with Crippen LogP contribution in [-0.4, -0.2) is 5.88 Å². The Kier molecular flexibility index (Phi) is 4.12. The normalized spacial score (nSPS) is 11.8.